The fraction of sp³-hybridized carbons (Fsp3) is 0.522. The van der Waals surface area contributed by atoms with Gasteiger partial charge < -0.3 is 19.3 Å². The van der Waals surface area contributed by atoms with Crippen LogP contribution in [0.15, 0.2) is 29.2 Å². The fourth-order valence-electron chi connectivity index (χ4n) is 5.04. The molecule has 1 atom stereocenters. The number of aromatic nitrogens is 2. The van der Waals surface area contributed by atoms with Crippen LogP contribution in [-0.2, 0) is 29.9 Å². The average molecular weight is 489 g/mol. The van der Waals surface area contributed by atoms with Crippen molar-refractivity contribution >= 4 is 21.7 Å². The molecule has 2 saturated heterocycles. The van der Waals surface area contributed by atoms with Crippen LogP contribution in [0.4, 0.5) is 0 Å². The number of morpholine rings is 1. The molecule has 0 aliphatic carbocycles. The van der Waals surface area contributed by atoms with Gasteiger partial charge in [0.15, 0.2) is 15.5 Å². The molecular weight excluding hydrogens is 460 g/mol. The van der Waals surface area contributed by atoms with Crippen LogP contribution in [0.3, 0.4) is 0 Å². The number of methoxy groups -OCH3 is 1. The number of fused-ring (bicyclic) bond motifs is 3. The Bertz CT molecular complexity index is 1220. The van der Waals surface area contributed by atoms with Crippen LogP contribution in [0.5, 0.6) is 0 Å². The minimum Gasteiger partial charge on any atom is -0.378 e. The number of carbonyl (C=O) groups is 2. The number of carbonyl (C=O) groups excluding carboxylic acids is 2. The van der Waals surface area contributed by atoms with E-state index in [0.717, 1.165) is 12.8 Å². The molecule has 2 aromatic rings. The number of benzene rings is 1. The molecule has 0 bridgehead atoms. The first-order chi connectivity index (χ1) is 16.4. The van der Waals surface area contributed by atoms with Gasteiger partial charge in [0.25, 0.3) is 5.91 Å². The second kappa shape index (κ2) is 9.12. The van der Waals surface area contributed by atoms with E-state index < -0.39 is 9.84 Å². The van der Waals surface area contributed by atoms with E-state index in [1.54, 1.807) is 38.7 Å². The summed E-state index contributed by atoms with van der Waals surface area (Å²) in [6.07, 6.45) is 1.55. The van der Waals surface area contributed by atoms with Gasteiger partial charge in [-0.15, -0.1) is 0 Å². The zero-order valence-electron chi connectivity index (χ0n) is 19.1. The second-order valence-corrected chi connectivity index (χ2v) is 10.8. The highest BCUT2D eigenvalue weighted by Gasteiger charge is 2.39. The fourth-order valence-corrected chi connectivity index (χ4v) is 6.64. The minimum absolute atomic E-state index is 0.00573. The van der Waals surface area contributed by atoms with Gasteiger partial charge in [-0.05, 0) is 18.9 Å². The summed E-state index contributed by atoms with van der Waals surface area (Å²) in [4.78, 5) is 29.6. The molecule has 0 saturated carbocycles. The van der Waals surface area contributed by atoms with E-state index in [4.69, 9.17) is 14.6 Å². The maximum Gasteiger partial charge on any atom is 0.274 e. The monoisotopic (exact) mass is 488 g/mol. The van der Waals surface area contributed by atoms with Gasteiger partial charge in [0.1, 0.15) is 6.61 Å². The van der Waals surface area contributed by atoms with Crippen molar-refractivity contribution in [2.45, 2.75) is 29.5 Å². The van der Waals surface area contributed by atoms with Crippen molar-refractivity contribution in [2.75, 3.05) is 53.1 Å². The number of ether oxygens (including phenoxy) is 2. The van der Waals surface area contributed by atoms with Crippen molar-refractivity contribution in [1.82, 2.24) is 19.6 Å². The Morgan fingerprint density at radius 2 is 1.91 bits per heavy atom. The van der Waals surface area contributed by atoms with E-state index in [0.29, 0.717) is 56.2 Å². The lowest BCUT2D eigenvalue weighted by Gasteiger charge is -2.34. The largest absolute Gasteiger partial charge is 0.378 e. The molecule has 3 aliphatic heterocycles. The standard InChI is InChI=1S/C23H28N4O6S/c1-32-14-20(28)26-8-4-5-16(13-26)27-22-17-6-2-3-7-19(17)34(30,31)15-18(22)21(24-27)23(29)25-9-11-33-12-10-25/h2-3,6-7,16H,4-5,8-15H2,1H3/t16-/m0/s1. The molecule has 5 rings (SSSR count). The molecular formula is C23H28N4O6S. The van der Waals surface area contributed by atoms with Crippen molar-refractivity contribution in [2.24, 2.45) is 0 Å². The summed E-state index contributed by atoms with van der Waals surface area (Å²) in [7, 11) is -2.13. The molecule has 182 valence electrons. The Morgan fingerprint density at radius 1 is 1.15 bits per heavy atom. The molecule has 1 aromatic heterocycles. The molecule has 34 heavy (non-hydrogen) atoms. The lowest BCUT2D eigenvalue weighted by atomic mass is 10.0. The Kier molecular flexibility index (Phi) is 6.17. The van der Waals surface area contributed by atoms with Crippen LogP contribution in [0.1, 0.15) is 34.9 Å². The highest BCUT2D eigenvalue weighted by atomic mass is 32.2. The second-order valence-electron chi connectivity index (χ2n) is 8.85. The normalized spacial score (nSPS) is 21.6. The minimum atomic E-state index is -3.62. The molecule has 0 radical (unpaired) electrons. The molecule has 10 nitrogen and oxygen atoms in total. The van der Waals surface area contributed by atoms with Crippen molar-refractivity contribution in [3.63, 3.8) is 0 Å². The molecule has 3 aliphatic rings. The summed E-state index contributed by atoms with van der Waals surface area (Å²) in [5.74, 6) is -0.652. The van der Waals surface area contributed by atoms with Gasteiger partial charge in [0.05, 0.1) is 35.6 Å². The van der Waals surface area contributed by atoms with Gasteiger partial charge in [0.2, 0.25) is 5.91 Å². The molecule has 11 heteroatoms. The van der Waals surface area contributed by atoms with Crippen LogP contribution in [-0.4, -0.2) is 92.9 Å². The van der Waals surface area contributed by atoms with Crippen molar-refractivity contribution < 1.29 is 27.5 Å². The summed E-state index contributed by atoms with van der Waals surface area (Å²) in [5, 5.41) is 4.75. The SMILES string of the molecule is COCC(=O)N1CCC[C@H](n2nc(C(=O)N3CCOCC3)c3c2-c2ccccc2S(=O)(=O)C3)C1. The predicted octanol–water partition coefficient (Wildman–Crippen LogP) is 1.12. The highest BCUT2D eigenvalue weighted by molar-refractivity contribution is 7.90. The van der Waals surface area contributed by atoms with Gasteiger partial charge in [0, 0.05) is 44.4 Å². The quantitative estimate of drug-likeness (QED) is 0.634. The zero-order chi connectivity index (χ0) is 23.9. The van der Waals surface area contributed by atoms with E-state index in [1.165, 1.54) is 7.11 Å². The number of nitrogens with zero attached hydrogens (tertiary/aromatic N) is 4. The number of hydrogen-bond acceptors (Lipinski definition) is 7. The number of likely N-dealkylation sites (tertiary alicyclic amines) is 1. The average Bonchev–Trinajstić information content (AvgIpc) is 3.23. The van der Waals surface area contributed by atoms with Crippen molar-refractivity contribution in [3.8, 4) is 11.3 Å². The lowest BCUT2D eigenvalue weighted by Crippen LogP contribution is -2.43. The van der Waals surface area contributed by atoms with Gasteiger partial charge in [-0.2, -0.15) is 5.10 Å². The van der Waals surface area contributed by atoms with E-state index in [2.05, 4.69) is 0 Å². The van der Waals surface area contributed by atoms with Gasteiger partial charge in [-0.1, -0.05) is 18.2 Å². The van der Waals surface area contributed by atoms with Crippen LogP contribution >= 0.6 is 0 Å². The maximum absolute atomic E-state index is 13.5. The summed E-state index contributed by atoms with van der Waals surface area (Å²) < 4.78 is 38.5. The summed E-state index contributed by atoms with van der Waals surface area (Å²) >= 11 is 0. The molecule has 4 heterocycles. The Morgan fingerprint density at radius 3 is 2.68 bits per heavy atom. The first kappa shape index (κ1) is 23.0. The third kappa shape index (κ3) is 4.01. The first-order valence-electron chi connectivity index (χ1n) is 11.5. The smallest absolute Gasteiger partial charge is 0.274 e. The zero-order valence-corrected chi connectivity index (χ0v) is 19.9. The van der Waals surface area contributed by atoms with Crippen molar-refractivity contribution in [3.05, 3.63) is 35.5 Å². The maximum atomic E-state index is 13.5. The number of rotatable bonds is 4. The summed E-state index contributed by atoms with van der Waals surface area (Å²) in [6, 6.07) is 6.68. The van der Waals surface area contributed by atoms with Crippen molar-refractivity contribution in [1.29, 1.82) is 0 Å². The van der Waals surface area contributed by atoms with Crippen LogP contribution in [0.2, 0.25) is 0 Å². The van der Waals surface area contributed by atoms with E-state index >= 15 is 0 Å². The van der Waals surface area contributed by atoms with Gasteiger partial charge in [-0.3, -0.25) is 14.3 Å². The number of sulfone groups is 1. The van der Waals surface area contributed by atoms with Gasteiger partial charge >= 0.3 is 0 Å². The first-order valence-corrected chi connectivity index (χ1v) is 13.1. The van der Waals surface area contributed by atoms with Crippen LogP contribution in [0.25, 0.3) is 11.3 Å². The van der Waals surface area contributed by atoms with E-state index in [1.807, 2.05) is 0 Å². The predicted molar refractivity (Wildman–Crippen MR) is 122 cm³/mol. The Labute approximate surface area is 198 Å². The molecule has 2 amide bonds. The van der Waals surface area contributed by atoms with Crippen LogP contribution in [0, 0.1) is 0 Å². The van der Waals surface area contributed by atoms with Crippen LogP contribution < -0.4 is 0 Å². The van der Waals surface area contributed by atoms with E-state index in [-0.39, 0.29) is 40.8 Å². The molecule has 0 N–H and O–H groups in total. The van der Waals surface area contributed by atoms with Gasteiger partial charge in [-0.25, -0.2) is 8.42 Å². The molecule has 0 spiro atoms. The lowest BCUT2D eigenvalue weighted by molar-refractivity contribution is -0.136. The summed E-state index contributed by atoms with van der Waals surface area (Å²) in [6.45, 7) is 2.82. The summed E-state index contributed by atoms with van der Waals surface area (Å²) in [5.41, 5.74) is 1.83. The van der Waals surface area contributed by atoms with E-state index in [9.17, 15) is 18.0 Å². The molecule has 0 unspecified atom stereocenters. The Balaban J connectivity index is 1.61. The Hall–Kier alpha value is -2.76. The third-order valence-corrected chi connectivity index (χ3v) is 8.38. The number of hydrogen-bond donors (Lipinski definition) is 0. The topological polar surface area (TPSA) is 111 Å². The molecule has 2 fully saturated rings. The molecule has 1 aromatic carbocycles. The number of amides is 2. The number of piperidine rings is 1. The highest BCUT2D eigenvalue weighted by Crippen LogP contribution is 2.41. The third-order valence-electron chi connectivity index (χ3n) is 6.68.